The standard InChI is InChI=1S/C23H25N7O2/c1-14-12-26-18-8-5-15(13-30(14)18)19-21(23-25-9-11-32-23)28-22(24)20(27-19)17(31)7-6-16-4-3-10-29(16)2/h5,8-9,11-13,16H,3-4,6-7,10H2,1-2H3,(H2,24,28). The van der Waals surface area contributed by atoms with E-state index in [0.717, 1.165) is 36.3 Å². The largest absolute Gasteiger partial charge is 0.443 e. The van der Waals surface area contributed by atoms with Crippen molar-refractivity contribution in [1.29, 1.82) is 0 Å². The van der Waals surface area contributed by atoms with Crippen molar-refractivity contribution in [2.75, 3.05) is 19.3 Å². The molecule has 5 rings (SSSR count). The van der Waals surface area contributed by atoms with E-state index in [1.54, 1.807) is 6.20 Å². The van der Waals surface area contributed by atoms with E-state index in [9.17, 15) is 4.79 Å². The van der Waals surface area contributed by atoms with Crippen molar-refractivity contribution in [2.24, 2.45) is 0 Å². The summed E-state index contributed by atoms with van der Waals surface area (Å²) in [5, 5.41) is 0. The van der Waals surface area contributed by atoms with Gasteiger partial charge in [-0.25, -0.2) is 19.9 Å². The van der Waals surface area contributed by atoms with Gasteiger partial charge in [0.1, 0.15) is 23.3 Å². The number of hydrogen-bond acceptors (Lipinski definition) is 8. The third-order valence-corrected chi connectivity index (χ3v) is 6.16. The number of carbonyl (C=O) groups is 1. The van der Waals surface area contributed by atoms with E-state index >= 15 is 0 Å². The average Bonchev–Trinajstić information content (AvgIpc) is 3.54. The van der Waals surface area contributed by atoms with Crippen LogP contribution in [0.25, 0.3) is 28.5 Å². The highest BCUT2D eigenvalue weighted by Gasteiger charge is 2.25. The Hall–Kier alpha value is -3.59. The van der Waals surface area contributed by atoms with Crippen molar-refractivity contribution < 1.29 is 9.21 Å². The maximum Gasteiger partial charge on any atom is 0.247 e. The molecule has 0 radical (unpaired) electrons. The van der Waals surface area contributed by atoms with Gasteiger partial charge in [0.05, 0.1) is 6.20 Å². The van der Waals surface area contributed by atoms with Crippen LogP contribution in [0.5, 0.6) is 0 Å². The van der Waals surface area contributed by atoms with Gasteiger partial charge in [0, 0.05) is 36.1 Å². The molecule has 0 spiro atoms. The molecule has 9 heteroatoms. The Balaban J connectivity index is 1.55. The minimum Gasteiger partial charge on any atom is -0.443 e. The van der Waals surface area contributed by atoms with Gasteiger partial charge in [-0.15, -0.1) is 0 Å². The lowest BCUT2D eigenvalue weighted by Crippen LogP contribution is -2.25. The number of aromatic nitrogens is 5. The van der Waals surface area contributed by atoms with Crippen molar-refractivity contribution in [3.63, 3.8) is 0 Å². The molecule has 164 valence electrons. The lowest BCUT2D eigenvalue weighted by atomic mass is 10.0. The SMILES string of the molecule is Cc1cnc2ccc(-c3nc(C(=O)CCC4CCCN4C)c(N)nc3-c3ncco3)cn12. The van der Waals surface area contributed by atoms with Crippen LogP contribution in [0.3, 0.4) is 0 Å². The van der Waals surface area contributed by atoms with Crippen molar-refractivity contribution in [3.05, 3.63) is 48.4 Å². The Morgan fingerprint density at radius 1 is 1.25 bits per heavy atom. The van der Waals surface area contributed by atoms with Crippen molar-refractivity contribution >= 4 is 17.2 Å². The molecule has 0 aliphatic carbocycles. The lowest BCUT2D eigenvalue weighted by molar-refractivity contribution is 0.0966. The maximum atomic E-state index is 13.1. The number of nitrogen functional groups attached to an aromatic ring is 1. The molecule has 0 saturated carbocycles. The Labute approximate surface area is 185 Å². The molecule has 1 atom stereocenters. The first-order valence-corrected chi connectivity index (χ1v) is 10.8. The Kier molecular flexibility index (Phi) is 5.18. The van der Waals surface area contributed by atoms with E-state index in [-0.39, 0.29) is 17.3 Å². The number of hydrogen-bond donors (Lipinski definition) is 1. The van der Waals surface area contributed by atoms with Gasteiger partial charge in [-0.1, -0.05) is 0 Å². The van der Waals surface area contributed by atoms with Crippen LogP contribution in [0.15, 0.2) is 41.4 Å². The molecule has 0 amide bonds. The first-order valence-electron chi connectivity index (χ1n) is 10.8. The zero-order valence-corrected chi connectivity index (χ0v) is 18.2. The Morgan fingerprint density at radius 2 is 2.12 bits per heavy atom. The summed E-state index contributed by atoms with van der Waals surface area (Å²) in [6.45, 7) is 3.05. The summed E-state index contributed by atoms with van der Waals surface area (Å²) < 4.78 is 7.44. The number of fused-ring (bicyclic) bond motifs is 1. The van der Waals surface area contributed by atoms with Gasteiger partial charge in [0.15, 0.2) is 17.3 Å². The average molecular weight is 432 g/mol. The predicted molar refractivity (Wildman–Crippen MR) is 120 cm³/mol. The number of carbonyl (C=O) groups excluding carboxylic acids is 1. The van der Waals surface area contributed by atoms with Gasteiger partial charge < -0.3 is 19.5 Å². The van der Waals surface area contributed by atoms with Gasteiger partial charge in [0.2, 0.25) is 5.89 Å². The first kappa shape index (κ1) is 20.3. The number of nitrogens with two attached hydrogens (primary N) is 1. The fourth-order valence-corrected chi connectivity index (χ4v) is 4.35. The summed E-state index contributed by atoms with van der Waals surface area (Å²) in [6.07, 6.45) is 10.2. The number of likely N-dealkylation sites (tertiary alicyclic amines) is 1. The summed E-state index contributed by atoms with van der Waals surface area (Å²) >= 11 is 0. The van der Waals surface area contributed by atoms with Gasteiger partial charge >= 0.3 is 0 Å². The monoisotopic (exact) mass is 431 g/mol. The molecular weight excluding hydrogens is 406 g/mol. The second kappa shape index (κ2) is 8.16. The van der Waals surface area contributed by atoms with Crippen molar-refractivity contribution in [1.82, 2.24) is 29.2 Å². The minimum atomic E-state index is -0.101. The maximum absolute atomic E-state index is 13.1. The van der Waals surface area contributed by atoms with Crippen LogP contribution >= 0.6 is 0 Å². The number of rotatable bonds is 6. The summed E-state index contributed by atoms with van der Waals surface area (Å²) in [6, 6.07) is 4.22. The third kappa shape index (κ3) is 3.64. The molecule has 5 heterocycles. The van der Waals surface area contributed by atoms with E-state index in [2.05, 4.69) is 26.9 Å². The van der Waals surface area contributed by atoms with E-state index < -0.39 is 0 Å². The predicted octanol–water partition coefficient (Wildman–Crippen LogP) is 3.39. The summed E-state index contributed by atoms with van der Waals surface area (Å²) in [5.74, 6) is 0.287. The Morgan fingerprint density at radius 3 is 2.88 bits per heavy atom. The molecule has 4 aromatic heterocycles. The zero-order valence-electron chi connectivity index (χ0n) is 18.2. The molecule has 1 aliphatic rings. The quantitative estimate of drug-likeness (QED) is 0.462. The first-order chi connectivity index (χ1) is 15.5. The number of aryl methyl sites for hydroxylation is 1. The summed E-state index contributed by atoms with van der Waals surface area (Å²) in [7, 11) is 2.10. The summed E-state index contributed by atoms with van der Waals surface area (Å²) in [4.78, 5) is 33.2. The number of imidazole rings is 1. The van der Waals surface area contributed by atoms with Gasteiger partial charge in [0.25, 0.3) is 0 Å². The van der Waals surface area contributed by atoms with Crippen molar-refractivity contribution in [2.45, 2.75) is 38.6 Å². The fourth-order valence-electron chi connectivity index (χ4n) is 4.35. The van der Waals surface area contributed by atoms with E-state index in [4.69, 9.17) is 15.1 Å². The number of nitrogens with zero attached hydrogens (tertiary/aromatic N) is 6. The normalized spacial score (nSPS) is 16.8. The van der Waals surface area contributed by atoms with Crippen LogP contribution in [-0.2, 0) is 0 Å². The molecule has 0 bridgehead atoms. The highest BCUT2D eigenvalue weighted by atomic mass is 16.3. The fraction of sp³-hybridized carbons (Fsp3) is 0.348. The molecule has 4 aromatic rings. The van der Waals surface area contributed by atoms with E-state index in [1.807, 2.05) is 29.7 Å². The topological polar surface area (TPSA) is 115 Å². The van der Waals surface area contributed by atoms with Gasteiger partial charge in [-0.05, 0) is 51.9 Å². The smallest absolute Gasteiger partial charge is 0.247 e. The highest BCUT2D eigenvalue weighted by Crippen LogP contribution is 2.31. The van der Waals surface area contributed by atoms with E-state index in [0.29, 0.717) is 29.7 Å². The van der Waals surface area contributed by atoms with Crippen LogP contribution in [0.4, 0.5) is 5.82 Å². The van der Waals surface area contributed by atoms with Crippen LogP contribution in [0.1, 0.15) is 41.9 Å². The molecule has 1 aliphatic heterocycles. The zero-order chi connectivity index (χ0) is 22.2. The molecule has 32 heavy (non-hydrogen) atoms. The number of Topliss-reactive ketones (excluding diaryl/α,β-unsaturated/α-hetero) is 1. The van der Waals surface area contributed by atoms with Gasteiger partial charge in [-0.3, -0.25) is 4.79 Å². The van der Waals surface area contributed by atoms with Crippen molar-refractivity contribution in [3.8, 4) is 22.8 Å². The van der Waals surface area contributed by atoms with E-state index in [1.165, 1.54) is 18.9 Å². The number of anilines is 1. The number of pyridine rings is 1. The minimum absolute atomic E-state index is 0.0895. The van der Waals surface area contributed by atoms with Crippen LogP contribution in [0, 0.1) is 6.92 Å². The van der Waals surface area contributed by atoms with Gasteiger partial charge in [-0.2, -0.15) is 0 Å². The molecule has 9 nitrogen and oxygen atoms in total. The van der Waals surface area contributed by atoms with Crippen LogP contribution in [0.2, 0.25) is 0 Å². The second-order valence-corrected chi connectivity index (χ2v) is 8.28. The molecule has 2 N–H and O–H groups in total. The number of oxazole rings is 1. The molecular formula is C23H25N7O2. The third-order valence-electron chi connectivity index (χ3n) is 6.16. The lowest BCUT2D eigenvalue weighted by Gasteiger charge is -2.18. The number of ketones is 1. The summed E-state index contributed by atoms with van der Waals surface area (Å²) in [5.41, 5.74) is 9.86. The Bertz CT molecular complexity index is 1280. The second-order valence-electron chi connectivity index (χ2n) is 8.28. The molecule has 1 unspecified atom stereocenters. The van der Waals surface area contributed by atoms with Crippen LogP contribution in [-0.4, -0.2) is 54.7 Å². The van der Waals surface area contributed by atoms with Crippen LogP contribution < -0.4 is 5.73 Å². The molecule has 0 aromatic carbocycles. The molecule has 1 saturated heterocycles. The highest BCUT2D eigenvalue weighted by molar-refractivity contribution is 5.99. The molecule has 1 fully saturated rings.